The minimum absolute atomic E-state index is 0.474. The van der Waals surface area contributed by atoms with Crippen molar-refractivity contribution < 1.29 is 42.8 Å². The third-order valence-electron chi connectivity index (χ3n) is 2.64. The molecule has 0 aromatic rings. The first kappa shape index (κ1) is 17.3. The van der Waals surface area contributed by atoms with Gasteiger partial charge in [-0.3, -0.25) is 14.4 Å². The fourth-order valence-electron chi connectivity index (χ4n) is 1.86. The van der Waals surface area contributed by atoms with E-state index in [1.165, 1.54) is 0 Å². The molecule has 1 heterocycles. The number of halogens is 1. The minimum atomic E-state index is -1.94. The zero-order valence-electron chi connectivity index (χ0n) is 11.8. The molecule has 8 nitrogen and oxygen atoms in total. The maximum absolute atomic E-state index is 14.3. The molecule has 0 amide bonds. The quantitative estimate of drug-likeness (QED) is 0.545. The Morgan fingerprint density at radius 3 is 2.05 bits per heavy atom. The normalized spacial score (nSPS) is 32.1. The van der Waals surface area contributed by atoms with E-state index in [9.17, 15) is 23.9 Å². The third kappa shape index (κ3) is 4.94. The van der Waals surface area contributed by atoms with Crippen molar-refractivity contribution in [3.8, 4) is 0 Å². The van der Waals surface area contributed by atoms with Gasteiger partial charge < -0.3 is 24.1 Å². The third-order valence-corrected chi connectivity index (χ3v) is 2.64. The van der Waals surface area contributed by atoms with Crippen LogP contribution < -0.4 is 0 Å². The van der Waals surface area contributed by atoms with Crippen LogP contribution >= 0.6 is 0 Å². The van der Waals surface area contributed by atoms with Crippen molar-refractivity contribution in [3.05, 3.63) is 0 Å². The number of carbonyl (C=O) groups excluding carboxylic acids is 3. The monoisotopic (exact) mass is 308 g/mol. The number of hydrogen-bond acceptors (Lipinski definition) is 8. The molecule has 0 aliphatic carbocycles. The molecule has 1 aliphatic rings. The van der Waals surface area contributed by atoms with Crippen molar-refractivity contribution in [2.75, 3.05) is 6.61 Å². The molecular formula is C12H17FO8. The molecule has 1 fully saturated rings. The van der Waals surface area contributed by atoms with Crippen molar-refractivity contribution in [2.24, 2.45) is 0 Å². The van der Waals surface area contributed by atoms with Gasteiger partial charge in [0, 0.05) is 20.8 Å². The molecule has 0 radical (unpaired) electrons. The van der Waals surface area contributed by atoms with E-state index in [2.05, 4.69) is 4.74 Å². The summed E-state index contributed by atoms with van der Waals surface area (Å²) >= 11 is 0. The lowest BCUT2D eigenvalue weighted by Crippen LogP contribution is -2.59. The highest BCUT2D eigenvalue weighted by molar-refractivity contribution is 5.67. The predicted molar refractivity (Wildman–Crippen MR) is 63.5 cm³/mol. The second-order valence-electron chi connectivity index (χ2n) is 4.46. The molecule has 0 saturated carbocycles. The molecule has 9 heteroatoms. The molecule has 0 bridgehead atoms. The van der Waals surface area contributed by atoms with Gasteiger partial charge in [0.25, 0.3) is 0 Å². The van der Waals surface area contributed by atoms with E-state index in [4.69, 9.17) is 14.2 Å². The standard InChI is InChI=1S/C12H17FO8/c1-5(14)18-4-8-9(13)10(19-6(2)15)11(12(17)21-8)20-7(3)16/h8-12,17H,4H2,1-3H3/t8?,9-,10?,11?,12-/m1/s1. The predicted octanol–water partition coefficient (Wildman–Crippen LogP) is -0.532. The van der Waals surface area contributed by atoms with Gasteiger partial charge in [0.15, 0.2) is 24.7 Å². The van der Waals surface area contributed by atoms with Gasteiger partial charge in [-0.25, -0.2) is 4.39 Å². The molecule has 1 aliphatic heterocycles. The molecule has 0 spiro atoms. The van der Waals surface area contributed by atoms with Crippen LogP contribution in [0, 0.1) is 0 Å². The van der Waals surface area contributed by atoms with Gasteiger partial charge in [0.05, 0.1) is 0 Å². The van der Waals surface area contributed by atoms with E-state index >= 15 is 0 Å². The molecule has 1 N–H and O–H groups in total. The van der Waals surface area contributed by atoms with Gasteiger partial charge in [-0.2, -0.15) is 0 Å². The first-order valence-corrected chi connectivity index (χ1v) is 6.17. The van der Waals surface area contributed by atoms with Crippen LogP contribution in [0.4, 0.5) is 4.39 Å². The number of hydrogen-bond donors (Lipinski definition) is 1. The number of esters is 3. The van der Waals surface area contributed by atoms with Crippen molar-refractivity contribution in [1.82, 2.24) is 0 Å². The Morgan fingerprint density at radius 2 is 1.57 bits per heavy atom. The molecule has 120 valence electrons. The summed E-state index contributed by atoms with van der Waals surface area (Å²) in [5.41, 5.74) is 0. The first-order valence-electron chi connectivity index (χ1n) is 6.17. The van der Waals surface area contributed by atoms with Crippen LogP contribution in [0.2, 0.25) is 0 Å². The molecule has 1 rings (SSSR count). The molecule has 0 aromatic carbocycles. The highest BCUT2D eigenvalue weighted by Crippen LogP contribution is 2.27. The van der Waals surface area contributed by atoms with Crippen LogP contribution in [0.25, 0.3) is 0 Å². The molecule has 5 atom stereocenters. The molecular weight excluding hydrogens is 291 g/mol. The Balaban J connectivity index is 2.87. The summed E-state index contributed by atoms with van der Waals surface area (Å²) in [4.78, 5) is 32.7. The zero-order chi connectivity index (χ0) is 16.2. The Hall–Kier alpha value is -1.74. The van der Waals surface area contributed by atoms with Crippen molar-refractivity contribution in [2.45, 2.75) is 51.5 Å². The SMILES string of the molecule is CC(=O)OCC1O[C@@H](O)C(OC(C)=O)C(OC(C)=O)[C@@H]1F. The lowest BCUT2D eigenvalue weighted by atomic mass is 10.00. The van der Waals surface area contributed by atoms with Crippen LogP contribution in [-0.4, -0.2) is 60.4 Å². The molecule has 0 aromatic heterocycles. The number of ether oxygens (including phenoxy) is 4. The average molecular weight is 308 g/mol. The average Bonchev–Trinajstić information content (AvgIpc) is 2.35. The van der Waals surface area contributed by atoms with Gasteiger partial charge in [-0.1, -0.05) is 0 Å². The van der Waals surface area contributed by atoms with Gasteiger partial charge in [0.2, 0.25) is 0 Å². The highest BCUT2D eigenvalue weighted by atomic mass is 19.1. The Bertz CT molecular complexity index is 412. The van der Waals surface area contributed by atoms with Gasteiger partial charge in [-0.05, 0) is 0 Å². The topological polar surface area (TPSA) is 108 Å². The van der Waals surface area contributed by atoms with Crippen molar-refractivity contribution in [1.29, 1.82) is 0 Å². The maximum Gasteiger partial charge on any atom is 0.303 e. The van der Waals surface area contributed by atoms with E-state index in [0.29, 0.717) is 0 Å². The van der Waals surface area contributed by atoms with Gasteiger partial charge >= 0.3 is 17.9 Å². The van der Waals surface area contributed by atoms with Gasteiger partial charge in [0.1, 0.15) is 12.7 Å². The largest absolute Gasteiger partial charge is 0.463 e. The first-order chi connectivity index (χ1) is 9.72. The lowest BCUT2D eigenvalue weighted by molar-refractivity contribution is -0.283. The summed E-state index contributed by atoms with van der Waals surface area (Å²) in [5, 5.41) is 9.76. The Morgan fingerprint density at radius 1 is 1.05 bits per heavy atom. The maximum atomic E-state index is 14.3. The van der Waals surface area contributed by atoms with Crippen LogP contribution in [-0.2, 0) is 33.3 Å². The van der Waals surface area contributed by atoms with E-state index in [-0.39, 0.29) is 0 Å². The number of rotatable bonds is 4. The van der Waals surface area contributed by atoms with Crippen LogP contribution in [0.3, 0.4) is 0 Å². The lowest BCUT2D eigenvalue weighted by Gasteiger charge is -2.39. The van der Waals surface area contributed by atoms with Crippen LogP contribution in [0.5, 0.6) is 0 Å². The van der Waals surface area contributed by atoms with Crippen LogP contribution in [0.15, 0.2) is 0 Å². The number of alkyl halides is 1. The van der Waals surface area contributed by atoms with Crippen molar-refractivity contribution in [3.63, 3.8) is 0 Å². The smallest absolute Gasteiger partial charge is 0.303 e. The van der Waals surface area contributed by atoms with Crippen molar-refractivity contribution >= 4 is 17.9 Å². The van der Waals surface area contributed by atoms with Gasteiger partial charge in [-0.15, -0.1) is 0 Å². The fourth-order valence-corrected chi connectivity index (χ4v) is 1.86. The van der Waals surface area contributed by atoms with E-state index in [0.717, 1.165) is 20.8 Å². The summed E-state index contributed by atoms with van der Waals surface area (Å²) in [5.74, 6) is -2.28. The molecule has 21 heavy (non-hydrogen) atoms. The number of aliphatic hydroxyl groups is 1. The zero-order valence-corrected chi connectivity index (χ0v) is 11.8. The second kappa shape index (κ2) is 7.32. The number of carbonyl (C=O) groups is 3. The fraction of sp³-hybridized carbons (Fsp3) is 0.750. The molecule has 3 unspecified atom stereocenters. The Kier molecular flexibility index (Phi) is 6.03. The number of aliphatic hydroxyl groups excluding tert-OH is 1. The van der Waals surface area contributed by atoms with E-state index in [1.807, 2.05) is 0 Å². The molecule has 1 saturated heterocycles. The summed E-state index contributed by atoms with van der Waals surface area (Å²) in [6.45, 7) is 2.74. The van der Waals surface area contributed by atoms with E-state index < -0.39 is 55.3 Å². The van der Waals surface area contributed by atoms with E-state index in [1.54, 1.807) is 0 Å². The summed E-state index contributed by atoms with van der Waals surface area (Å²) in [6.07, 6.45) is -8.07. The second-order valence-corrected chi connectivity index (χ2v) is 4.46. The highest BCUT2D eigenvalue weighted by Gasteiger charge is 2.50. The Labute approximate surface area is 120 Å². The summed E-state index contributed by atoms with van der Waals surface area (Å²) < 4.78 is 33.3. The van der Waals surface area contributed by atoms with Crippen LogP contribution in [0.1, 0.15) is 20.8 Å². The summed E-state index contributed by atoms with van der Waals surface area (Å²) in [7, 11) is 0. The summed E-state index contributed by atoms with van der Waals surface area (Å²) in [6, 6.07) is 0. The minimum Gasteiger partial charge on any atom is -0.463 e.